The molecule has 0 saturated heterocycles. The second-order valence-corrected chi connectivity index (χ2v) is 3.59. The third-order valence-corrected chi connectivity index (χ3v) is 2.26. The number of carboxylic acids is 1. The highest BCUT2D eigenvalue weighted by molar-refractivity contribution is 5.69. The minimum absolute atomic E-state index is 0.281. The molecule has 0 fully saturated rings. The van der Waals surface area contributed by atoms with Gasteiger partial charge in [0.2, 0.25) is 0 Å². The lowest BCUT2D eigenvalue weighted by Crippen LogP contribution is -2.10. The summed E-state index contributed by atoms with van der Waals surface area (Å²) >= 11 is 0. The standard InChI is InChI=1S/C11H15NO2/c1-8(11(13)14)3-5-10-6-4-9(2)12-7-10/h4,6-8H,3,5H2,1-2H3,(H,13,14). The molecule has 0 aromatic carbocycles. The van der Waals surface area contributed by atoms with E-state index in [-0.39, 0.29) is 5.92 Å². The van der Waals surface area contributed by atoms with Crippen LogP contribution in [0.3, 0.4) is 0 Å². The molecular formula is C11H15NO2. The molecule has 0 aliphatic heterocycles. The van der Waals surface area contributed by atoms with Crippen molar-refractivity contribution in [1.82, 2.24) is 4.98 Å². The summed E-state index contributed by atoms with van der Waals surface area (Å²) in [5.74, 6) is -1.01. The van der Waals surface area contributed by atoms with Crippen molar-refractivity contribution in [3.63, 3.8) is 0 Å². The van der Waals surface area contributed by atoms with E-state index in [4.69, 9.17) is 5.11 Å². The van der Waals surface area contributed by atoms with Crippen LogP contribution in [0.5, 0.6) is 0 Å². The van der Waals surface area contributed by atoms with Crippen molar-refractivity contribution < 1.29 is 9.90 Å². The minimum atomic E-state index is -0.731. The Morgan fingerprint density at radius 3 is 2.79 bits per heavy atom. The zero-order chi connectivity index (χ0) is 10.6. The third-order valence-electron chi connectivity index (χ3n) is 2.26. The van der Waals surface area contributed by atoms with Crippen LogP contribution in [0.15, 0.2) is 18.3 Å². The number of rotatable bonds is 4. The fourth-order valence-electron chi connectivity index (χ4n) is 1.15. The van der Waals surface area contributed by atoms with E-state index < -0.39 is 5.97 Å². The number of carboxylic acid groups (broad SMARTS) is 1. The molecule has 1 unspecified atom stereocenters. The van der Waals surface area contributed by atoms with E-state index in [9.17, 15) is 4.79 Å². The second-order valence-electron chi connectivity index (χ2n) is 3.59. The van der Waals surface area contributed by atoms with Crippen LogP contribution >= 0.6 is 0 Å². The van der Waals surface area contributed by atoms with Gasteiger partial charge in [-0.05, 0) is 31.4 Å². The van der Waals surface area contributed by atoms with Gasteiger partial charge in [0, 0.05) is 11.9 Å². The highest BCUT2D eigenvalue weighted by atomic mass is 16.4. The summed E-state index contributed by atoms with van der Waals surface area (Å²) in [5.41, 5.74) is 2.09. The summed E-state index contributed by atoms with van der Waals surface area (Å²) in [6.07, 6.45) is 3.25. The molecule has 1 rings (SSSR count). The summed E-state index contributed by atoms with van der Waals surface area (Å²) in [4.78, 5) is 14.7. The fourth-order valence-corrected chi connectivity index (χ4v) is 1.15. The summed E-state index contributed by atoms with van der Waals surface area (Å²) < 4.78 is 0. The van der Waals surface area contributed by atoms with Crippen LogP contribution in [0, 0.1) is 12.8 Å². The molecule has 3 nitrogen and oxygen atoms in total. The van der Waals surface area contributed by atoms with Crippen LogP contribution in [0.2, 0.25) is 0 Å². The molecule has 1 aromatic heterocycles. The van der Waals surface area contributed by atoms with Crippen molar-refractivity contribution in [2.24, 2.45) is 5.92 Å². The van der Waals surface area contributed by atoms with Crippen LogP contribution in [0.1, 0.15) is 24.6 Å². The van der Waals surface area contributed by atoms with Gasteiger partial charge in [-0.1, -0.05) is 13.0 Å². The number of aliphatic carboxylic acids is 1. The molecule has 0 saturated carbocycles. The molecular weight excluding hydrogens is 178 g/mol. The maximum atomic E-state index is 10.6. The van der Waals surface area contributed by atoms with Gasteiger partial charge in [0.05, 0.1) is 5.92 Å². The van der Waals surface area contributed by atoms with E-state index in [1.807, 2.05) is 25.3 Å². The van der Waals surface area contributed by atoms with Crippen LogP contribution < -0.4 is 0 Å². The lowest BCUT2D eigenvalue weighted by atomic mass is 10.0. The molecule has 0 aliphatic carbocycles. The third kappa shape index (κ3) is 3.17. The summed E-state index contributed by atoms with van der Waals surface area (Å²) in [5, 5.41) is 8.69. The molecule has 0 spiro atoms. The molecule has 1 N–H and O–H groups in total. The highest BCUT2D eigenvalue weighted by Gasteiger charge is 2.10. The van der Waals surface area contributed by atoms with Crippen LogP contribution in [-0.2, 0) is 11.2 Å². The first-order valence-corrected chi connectivity index (χ1v) is 4.74. The number of hydrogen-bond acceptors (Lipinski definition) is 2. The first-order valence-electron chi connectivity index (χ1n) is 4.74. The zero-order valence-electron chi connectivity index (χ0n) is 8.53. The number of aryl methyl sites for hydroxylation is 2. The van der Waals surface area contributed by atoms with Gasteiger partial charge in [-0.25, -0.2) is 0 Å². The predicted octanol–water partition coefficient (Wildman–Crippen LogP) is 2.04. The van der Waals surface area contributed by atoms with Crippen LogP contribution in [0.25, 0.3) is 0 Å². The van der Waals surface area contributed by atoms with Crippen molar-refractivity contribution in [1.29, 1.82) is 0 Å². The number of hydrogen-bond donors (Lipinski definition) is 1. The van der Waals surface area contributed by atoms with Gasteiger partial charge in [-0.3, -0.25) is 9.78 Å². The average molecular weight is 193 g/mol. The molecule has 0 bridgehead atoms. The molecule has 1 heterocycles. The first-order chi connectivity index (χ1) is 6.59. The van der Waals surface area contributed by atoms with E-state index in [0.29, 0.717) is 6.42 Å². The van der Waals surface area contributed by atoms with Gasteiger partial charge in [-0.2, -0.15) is 0 Å². The topological polar surface area (TPSA) is 50.2 Å². The lowest BCUT2D eigenvalue weighted by molar-refractivity contribution is -0.141. The minimum Gasteiger partial charge on any atom is -0.481 e. The van der Waals surface area contributed by atoms with Crippen LogP contribution in [-0.4, -0.2) is 16.1 Å². The van der Waals surface area contributed by atoms with Crippen LogP contribution in [0.4, 0.5) is 0 Å². The predicted molar refractivity (Wildman–Crippen MR) is 54.1 cm³/mol. The molecule has 14 heavy (non-hydrogen) atoms. The van der Waals surface area contributed by atoms with E-state index in [1.54, 1.807) is 6.92 Å². The van der Waals surface area contributed by atoms with E-state index in [2.05, 4.69) is 4.98 Å². The monoisotopic (exact) mass is 193 g/mol. The molecule has 0 radical (unpaired) electrons. The van der Waals surface area contributed by atoms with E-state index in [1.165, 1.54) is 0 Å². The molecule has 0 aliphatic rings. The molecule has 1 aromatic rings. The quantitative estimate of drug-likeness (QED) is 0.796. The SMILES string of the molecule is Cc1ccc(CCC(C)C(=O)O)cn1. The second kappa shape index (κ2) is 4.74. The summed E-state index contributed by atoms with van der Waals surface area (Å²) in [6, 6.07) is 3.94. The maximum Gasteiger partial charge on any atom is 0.306 e. The van der Waals surface area contributed by atoms with E-state index in [0.717, 1.165) is 17.7 Å². The van der Waals surface area contributed by atoms with Crippen molar-refractivity contribution in [2.75, 3.05) is 0 Å². The number of aromatic nitrogens is 1. The molecule has 76 valence electrons. The van der Waals surface area contributed by atoms with Crippen molar-refractivity contribution in [3.8, 4) is 0 Å². The van der Waals surface area contributed by atoms with Gasteiger partial charge in [0.25, 0.3) is 0 Å². The van der Waals surface area contributed by atoms with Gasteiger partial charge < -0.3 is 5.11 Å². The Balaban J connectivity index is 2.46. The Bertz CT molecular complexity index is 306. The molecule has 3 heteroatoms. The Morgan fingerprint density at radius 2 is 2.29 bits per heavy atom. The highest BCUT2D eigenvalue weighted by Crippen LogP contribution is 2.09. The van der Waals surface area contributed by atoms with Crippen molar-refractivity contribution in [3.05, 3.63) is 29.6 Å². The number of carbonyl (C=O) groups is 1. The Morgan fingerprint density at radius 1 is 1.57 bits per heavy atom. The Kier molecular flexibility index (Phi) is 3.63. The summed E-state index contributed by atoms with van der Waals surface area (Å²) in [6.45, 7) is 3.66. The van der Waals surface area contributed by atoms with Gasteiger partial charge in [0.1, 0.15) is 0 Å². The summed E-state index contributed by atoms with van der Waals surface area (Å²) in [7, 11) is 0. The Labute approximate surface area is 83.8 Å². The normalized spacial score (nSPS) is 12.4. The Hall–Kier alpha value is -1.38. The number of nitrogens with zero attached hydrogens (tertiary/aromatic N) is 1. The zero-order valence-corrected chi connectivity index (χ0v) is 8.53. The van der Waals surface area contributed by atoms with Gasteiger partial charge in [0.15, 0.2) is 0 Å². The van der Waals surface area contributed by atoms with E-state index >= 15 is 0 Å². The maximum absolute atomic E-state index is 10.6. The molecule has 0 amide bonds. The van der Waals surface area contributed by atoms with Gasteiger partial charge >= 0.3 is 5.97 Å². The fraction of sp³-hybridized carbons (Fsp3) is 0.455. The van der Waals surface area contributed by atoms with Crippen molar-refractivity contribution in [2.45, 2.75) is 26.7 Å². The van der Waals surface area contributed by atoms with Gasteiger partial charge in [-0.15, -0.1) is 0 Å². The largest absolute Gasteiger partial charge is 0.481 e. The lowest BCUT2D eigenvalue weighted by Gasteiger charge is -2.05. The smallest absolute Gasteiger partial charge is 0.306 e. The average Bonchev–Trinajstić information content (AvgIpc) is 2.16. The van der Waals surface area contributed by atoms with Crippen molar-refractivity contribution >= 4 is 5.97 Å². The first kappa shape index (κ1) is 10.7. The number of pyridine rings is 1. The molecule has 1 atom stereocenters.